The van der Waals surface area contributed by atoms with E-state index in [-0.39, 0.29) is 0 Å². The molecular formula is C13H12N4. The molecule has 0 atom stereocenters. The Kier molecular flexibility index (Phi) is 2.34. The standard InChI is InChI=1S/C13H12N4/c14-8-11-9-15-16-17(11)13-7-3-5-10-4-1-2-6-12(10)13/h1-7,9H,8,14H2. The average molecular weight is 224 g/mol. The van der Waals surface area contributed by atoms with E-state index < -0.39 is 0 Å². The number of benzene rings is 2. The summed E-state index contributed by atoms with van der Waals surface area (Å²) in [5.74, 6) is 0. The third-order valence-electron chi connectivity index (χ3n) is 2.82. The molecule has 3 rings (SSSR count). The van der Waals surface area contributed by atoms with E-state index in [1.807, 2.05) is 24.3 Å². The second kappa shape index (κ2) is 3.99. The molecule has 0 aliphatic heterocycles. The second-order valence-electron chi connectivity index (χ2n) is 3.84. The van der Waals surface area contributed by atoms with Crippen molar-refractivity contribution < 1.29 is 0 Å². The summed E-state index contributed by atoms with van der Waals surface area (Å²) in [5.41, 5.74) is 7.59. The highest BCUT2D eigenvalue weighted by molar-refractivity contribution is 5.90. The fourth-order valence-corrected chi connectivity index (χ4v) is 1.99. The van der Waals surface area contributed by atoms with Crippen molar-refractivity contribution in [1.29, 1.82) is 0 Å². The molecule has 2 N–H and O–H groups in total. The molecular weight excluding hydrogens is 212 g/mol. The highest BCUT2D eigenvalue weighted by Gasteiger charge is 2.07. The van der Waals surface area contributed by atoms with Crippen LogP contribution in [0.1, 0.15) is 5.69 Å². The van der Waals surface area contributed by atoms with Gasteiger partial charge in [-0.2, -0.15) is 0 Å². The first-order chi connectivity index (χ1) is 8.40. The minimum absolute atomic E-state index is 0.427. The van der Waals surface area contributed by atoms with Gasteiger partial charge in [-0.1, -0.05) is 41.6 Å². The summed E-state index contributed by atoms with van der Waals surface area (Å²) < 4.78 is 1.79. The largest absolute Gasteiger partial charge is 0.325 e. The minimum Gasteiger partial charge on any atom is -0.325 e. The molecule has 3 aromatic rings. The van der Waals surface area contributed by atoms with Gasteiger partial charge in [-0.25, -0.2) is 4.68 Å². The lowest BCUT2D eigenvalue weighted by Crippen LogP contribution is -2.07. The van der Waals surface area contributed by atoms with Gasteiger partial charge in [0.15, 0.2) is 0 Å². The molecule has 0 aliphatic rings. The van der Waals surface area contributed by atoms with E-state index in [2.05, 4.69) is 28.5 Å². The smallest absolute Gasteiger partial charge is 0.0781 e. The molecule has 0 saturated carbocycles. The first-order valence-corrected chi connectivity index (χ1v) is 5.48. The zero-order chi connectivity index (χ0) is 11.7. The number of hydrogen-bond donors (Lipinski definition) is 1. The van der Waals surface area contributed by atoms with Crippen LogP contribution in [-0.4, -0.2) is 15.0 Å². The molecule has 1 heterocycles. The number of aromatic nitrogens is 3. The Hall–Kier alpha value is -2.20. The van der Waals surface area contributed by atoms with Gasteiger partial charge in [0.25, 0.3) is 0 Å². The van der Waals surface area contributed by atoms with Crippen molar-refractivity contribution in [2.45, 2.75) is 6.54 Å². The van der Waals surface area contributed by atoms with Crippen molar-refractivity contribution in [1.82, 2.24) is 15.0 Å². The second-order valence-corrected chi connectivity index (χ2v) is 3.84. The van der Waals surface area contributed by atoms with Crippen LogP contribution in [0.3, 0.4) is 0 Å². The Bertz CT molecular complexity index is 652. The van der Waals surface area contributed by atoms with Gasteiger partial charge in [-0.05, 0) is 11.5 Å². The first-order valence-electron chi connectivity index (χ1n) is 5.48. The fraction of sp³-hybridized carbons (Fsp3) is 0.0769. The monoisotopic (exact) mass is 224 g/mol. The number of rotatable bonds is 2. The van der Waals surface area contributed by atoms with Crippen LogP contribution in [-0.2, 0) is 6.54 Å². The molecule has 1 aromatic heterocycles. The van der Waals surface area contributed by atoms with E-state index in [9.17, 15) is 0 Å². The summed E-state index contributed by atoms with van der Waals surface area (Å²) in [6.45, 7) is 0.427. The Labute approximate surface area is 98.7 Å². The summed E-state index contributed by atoms with van der Waals surface area (Å²) in [5, 5.41) is 10.3. The van der Waals surface area contributed by atoms with E-state index in [1.165, 1.54) is 5.39 Å². The van der Waals surface area contributed by atoms with Crippen LogP contribution in [0.25, 0.3) is 16.5 Å². The van der Waals surface area contributed by atoms with Crippen LogP contribution < -0.4 is 5.73 Å². The Morgan fingerprint density at radius 3 is 2.76 bits per heavy atom. The van der Waals surface area contributed by atoms with Crippen molar-refractivity contribution in [2.24, 2.45) is 5.73 Å². The fourth-order valence-electron chi connectivity index (χ4n) is 1.99. The molecule has 0 radical (unpaired) electrons. The summed E-state index contributed by atoms with van der Waals surface area (Å²) >= 11 is 0. The van der Waals surface area contributed by atoms with E-state index in [0.29, 0.717) is 6.54 Å². The van der Waals surface area contributed by atoms with Crippen LogP contribution >= 0.6 is 0 Å². The third kappa shape index (κ3) is 1.59. The van der Waals surface area contributed by atoms with Gasteiger partial charge in [-0.3, -0.25) is 0 Å². The zero-order valence-corrected chi connectivity index (χ0v) is 9.24. The number of hydrogen-bond acceptors (Lipinski definition) is 3. The molecule has 0 bridgehead atoms. The van der Waals surface area contributed by atoms with Gasteiger partial charge in [0.2, 0.25) is 0 Å². The van der Waals surface area contributed by atoms with Gasteiger partial charge in [0, 0.05) is 11.9 Å². The molecule has 4 heteroatoms. The molecule has 4 nitrogen and oxygen atoms in total. The van der Waals surface area contributed by atoms with Gasteiger partial charge >= 0.3 is 0 Å². The molecule has 0 unspecified atom stereocenters. The van der Waals surface area contributed by atoms with E-state index in [0.717, 1.165) is 16.8 Å². The minimum atomic E-state index is 0.427. The highest BCUT2D eigenvalue weighted by atomic mass is 15.4. The summed E-state index contributed by atoms with van der Waals surface area (Å²) in [6, 6.07) is 14.3. The predicted octanol–water partition coefficient (Wildman–Crippen LogP) is 1.88. The molecule has 0 fully saturated rings. The van der Waals surface area contributed by atoms with E-state index >= 15 is 0 Å². The van der Waals surface area contributed by atoms with Crippen molar-refractivity contribution >= 4 is 10.8 Å². The summed E-state index contributed by atoms with van der Waals surface area (Å²) in [4.78, 5) is 0. The average Bonchev–Trinajstić information content (AvgIpc) is 2.86. The maximum Gasteiger partial charge on any atom is 0.0781 e. The van der Waals surface area contributed by atoms with Crippen molar-refractivity contribution in [2.75, 3.05) is 0 Å². The summed E-state index contributed by atoms with van der Waals surface area (Å²) in [7, 11) is 0. The van der Waals surface area contributed by atoms with Gasteiger partial charge in [0.1, 0.15) is 0 Å². The Morgan fingerprint density at radius 1 is 1.06 bits per heavy atom. The SMILES string of the molecule is NCc1cnnn1-c1cccc2ccccc12. The Morgan fingerprint density at radius 2 is 1.88 bits per heavy atom. The molecule has 0 spiro atoms. The molecule has 0 aliphatic carbocycles. The van der Waals surface area contributed by atoms with Crippen molar-refractivity contribution in [3.05, 3.63) is 54.4 Å². The lowest BCUT2D eigenvalue weighted by Gasteiger charge is -2.08. The number of nitrogens with two attached hydrogens (primary N) is 1. The van der Waals surface area contributed by atoms with Crippen LogP contribution in [0, 0.1) is 0 Å². The predicted molar refractivity (Wildman–Crippen MR) is 66.8 cm³/mol. The van der Waals surface area contributed by atoms with E-state index in [4.69, 9.17) is 5.73 Å². The molecule has 17 heavy (non-hydrogen) atoms. The molecule has 0 amide bonds. The third-order valence-corrected chi connectivity index (χ3v) is 2.82. The van der Waals surface area contributed by atoms with Crippen LogP contribution in [0.4, 0.5) is 0 Å². The highest BCUT2D eigenvalue weighted by Crippen LogP contribution is 2.22. The van der Waals surface area contributed by atoms with Crippen LogP contribution in [0.2, 0.25) is 0 Å². The maximum absolute atomic E-state index is 5.68. The normalized spacial score (nSPS) is 10.9. The van der Waals surface area contributed by atoms with Gasteiger partial charge in [0.05, 0.1) is 17.6 Å². The molecule has 2 aromatic carbocycles. The quantitative estimate of drug-likeness (QED) is 0.723. The topological polar surface area (TPSA) is 56.7 Å². The number of fused-ring (bicyclic) bond motifs is 1. The van der Waals surface area contributed by atoms with Crippen LogP contribution in [0.5, 0.6) is 0 Å². The number of nitrogens with zero attached hydrogens (tertiary/aromatic N) is 3. The molecule has 84 valence electrons. The maximum atomic E-state index is 5.68. The Balaban J connectivity index is 2.31. The van der Waals surface area contributed by atoms with E-state index in [1.54, 1.807) is 10.9 Å². The summed E-state index contributed by atoms with van der Waals surface area (Å²) in [6.07, 6.45) is 1.70. The van der Waals surface area contributed by atoms with Crippen molar-refractivity contribution in [3.8, 4) is 5.69 Å². The first kappa shape index (κ1) is 9.99. The lowest BCUT2D eigenvalue weighted by molar-refractivity contribution is 0.766. The van der Waals surface area contributed by atoms with Crippen LogP contribution in [0.15, 0.2) is 48.7 Å². The molecule has 0 saturated heterocycles. The zero-order valence-electron chi connectivity index (χ0n) is 9.24. The van der Waals surface area contributed by atoms with Gasteiger partial charge in [-0.15, -0.1) is 5.10 Å². The lowest BCUT2D eigenvalue weighted by atomic mass is 10.1. The van der Waals surface area contributed by atoms with Gasteiger partial charge < -0.3 is 5.73 Å². The van der Waals surface area contributed by atoms with Crippen molar-refractivity contribution in [3.63, 3.8) is 0 Å².